The maximum absolute atomic E-state index is 5.94. The second-order valence-electron chi connectivity index (χ2n) is 5.51. The van der Waals surface area contributed by atoms with Crippen molar-refractivity contribution in [1.82, 2.24) is 0 Å². The average molecular weight is 489 g/mol. The molecule has 0 saturated heterocycles. The van der Waals surface area contributed by atoms with Gasteiger partial charge in [0.05, 0.1) is 0 Å². The Hall–Kier alpha value is -1.55. The van der Waals surface area contributed by atoms with Crippen LogP contribution in [0.15, 0.2) is 82.4 Å². The van der Waals surface area contributed by atoms with Crippen molar-refractivity contribution in [3.63, 3.8) is 0 Å². The molecule has 0 atom stereocenters. The molecule has 0 radical (unpaired) electrons. The van der Waals surface area contributed by atoms with Gasteiger partial charge in [-0.15, -0.1) is 0 Å². The van der Waals surface area contributed by atoms with Crippen molar-refractivity contribution in [1.29, 1.82) is 0 Å². The Kier molecular flexibility index (Phi) is 4.74. The van der Waals surface area contributed by atoms with Gasteiger partial charge in [0.1, 0.15) is 0 Å². The third-order valence-electron chi connectivity index (χ3n) is 3.90. The van der Waals surface area contributed by atoms with Crippen molar-refractivity contribution in [2.24, 2.45) is 0 Å². The van der Waals surface area contributed by atoms with Crippen molar-refractivity contribution < 1.29 is 4.74 Å². The minimum atomic E-state index is 0.283. The second kappa shape index (κ2) is 7.14. The summed E-state index contributed by atoms with van der Waals surface area (Å²) >= 11 is 2.72. The molecule has 0 aromatic heterocycles. The van der Waals surface area contributed by atoms with E-state index in [0.717, 1.165) is 5.75 Å². The fraction of sp³-hybridized carbons (Fsp3) is 0.0476. The summed E-state index contributed by atoms with van der Waals surface area (Å²) in [4.78, 5) is 0. The minimum absolute atomic E-state index is 0.283. The summed E-state index contributed by atoms with van der Waals surface area (Å²) in [7, 11) is 0. The Morgan fingerprint density at radius 2 is 1.50 bits per heavy atom. The van der Waals surface area contributed by atoms with Crippen molar-refractivity contribution in [3.05, 3.63) is 88.0 Å². The van der Waals surface area contributed by atoms with Crippen LogP contribution >= 0.6 is 22.6 Å². The van der Waals surface area contributed by atoms with Gasteiger partial charge in [-0.1, -0.05) is 0 Å². The number of ether oxygens (including phenoxy) is 1. The van der Waals surface area contributed by atoms with E-state index in [1.54, 1.807) is 0 Å². The molecule has 0 unspecified atom stereocenters. The molecule has 24 heavy (non-hydrogen) atoms. The van der Waals surface area contributed by atoms with Gasteiger partial charge in [-0.2, -0.15) is 0 Å². The van der Waals surface area contributed by atoms with E-state index in [9.17, 15) is 0 Å². The van der Waals surface area contributed by atoms with Crippen LogP contribution in [0.1, 0.15) is 5.56 Å². The summed E-state index contributed by atoms with van der Waals surface area (Å²) in [5.41, 5.74) is 3.73. The van der Waals surface area contributed by atoms with Gasteiger partial charge in [0.15, 0.2) is 0 Å². The molecule has 0 N–H and O–H groups in total. The summed E-state index contributed by atoms with van der Waals surface area (Å²) in [5, 5.41) is 0. The molecule has 0 aliphatic carbocycles. The third kappa shape index (κ3) is 3.30. The molecule has 1 nitrogen and oxygen atoms in total. The number of hydrogen-bond acceptors (Lipinski definition) is 1. The molecule has 0 amide bonds. The molecule has 3 aromatic carbocycles. The number of hydrogen-bond donors (Lipinski definition) is 0. The van der Waals surface area contributed by atoms with Crippen LogP contribution in [0, 0.1) is 0 Å². The molecule has 3 heteroatoms. The normalized spacial score (nSPS) is 13.4. The van der Waals surface area contributed by atoms with Crippen LogP contribution in [-0.4, -0.2) is 21.6 Å². The topological polar surface area (TPSA) is 9.23 Å². The van der Waals surface area contributed by atoms with E-state index in [4.69, 9.17) is 4.74 Å². The maximum atomic E-state index is 5.94. The van der Waals surface area contributed by atoms with Gasteiger partial charge in [0.2, 0.25) is 0 Å². The van der Waals surface area contributed by atoms with E-state index in [2.05, 4.69) is 101 Å². The quantitative estimate of drug-likeness (QED) is 0.377. The van der Waals surface area contributed by atoms with E-state index in [1.165, 1.54) is 29.2 Å². The first-order valence-electron chi connectivity index (χ1n) is 7.75. The Balaban J connectivity index is 1.77. The first-order chi connectivity index (χ1) is 11.8. The molecular weight excluding hydrogens is 474 g/mol. The third-order valence-corrected chi connectivity index (χ3v) is 8.04. The van der Waals surface area contributed by atoms with E-state index < -0.39 is 0 Å². The van der Waals surface area contributed by atoms with Crippen LogP contribution in [0.5, 0.6) is 5.75 Å². The first-order valence-corrected chi connectivity index (χ1v) is 10.5. The van der Waals surface area contributed by atoms with Crippen molar-refractivity contribution in [3.8, 4) is 16.9 Å². The fourth-order valence-electron chi connectivity index (χ4n) is 2.71. The summed E-state index contributed by atoms with van der Waals surface area (Å²) in [6.07, 6.45) is 0. The summed E-state index contributed by atoms with van der Waals surface area (Å²) in [6, 6.07) is 27.8. The molecule has 1 aliphatic heterocycles. The van der Waals surface area contributed by atoms with Crippen molar-refractivity contribution in [2.75, 3.05) is 6.61 Å². The molecule has 1 aliphatic rings. The molecule has 118 valence electrons. The zero-order valence-corrected chi connectivity index (χ0v) is 16.8. The molecule has 1 heterocycles. The Morgan fingerprint density at radius 3 is 2.25 bits per heavy atom. The average Bonchev–Trinajstić information content (AvgIpc) is 2.65. The zero-order valence-electron chi connectivity index (χ0n) is 12.9. The molecule has 0 bridgehead atoms. The summed E-state index contributed by atoms with van der Waals surface area (Å²) in [6.45, 7) is 0.683. The Morgan fingerprint density at radius 1 is 0.792 bits per heavy atom. The zero-order chi connectivity index (χ0) is 16.4. The van der Waals surface area contributed by atoms with Gasteiger partial charge in [0.25, 0.3) is 0 Å². The van der Waals surface area contributed by atoms with Gasteiger partial charge in [-0.25, -0.2) is 0 Å². The molecule has 3 aromatic rings. The van der Waals surface area contributed by atoms with Gasteiger partial charge >= 0.3 is 163 Å². The van der Waals surface area contributed by atoms with Crippen molar-refractivity contribution in [2.45, 2.75) is 0 Å². The number of rotatable bonds is 3. The van der Waals surface area contributed by atoms with E-state index in [-0.39, 0.29) is 15.0 Å². The van der Waals surface area contributed by atoms with Crippen LogP contribution < -0.4 is 9.20 Å². The van der Waals surface area contributed by atoms with Crippen LogP contribution in [0.2, 0.25) is 0 Å². The first kappa shape index (κ1) is 15.9. The second-order valence-corrected chi connectivity index (χ2v) is 9.09. The predicted octanol–water partition coefficient (Wildman–Crippen LogP) is 4.88. The summed E-state index contributed by atoms with van der Waals surface area (Å²) in [5.74, 6) is 1.00. The Bertz CT molecular complexity index is 888. The molecule has 0 saturated carbocycles. The fourth-order valence-corrected chi connectivity index (χ4v) is 5.76. The van der Waals surface area contributed by atoms with E-state index in [0.29, 0.717) is 6.61 Å². The van der Waals surface area contributed by atoms with E-state index in [1.807, 2.05) is 0 Å². The SMILES string of the molecule is IC1=C([Se]c2ccccc2)c2cc(-c3ccccc3)ccc2OC1. The van der Waals surface area contributed by atoms with Gasteiger partial charge in [-0.05, 0) is 0 Å². The standard InChI is InChI=1S/C21H15IOSe/c22-19-14-23-20-12-11-16(15-7-3-1-4-8-15)13-18(20)21(19)24-17-9-5-2-6-10-17/h1-13H,14H2. The van der Waals surface area contributed by atoms with Crippen molar-refractivity contribution >= 4 is 46.5 Å². The molecular formula is C21H15IOSe. The summed E-state index contributed by atoms with van der Waals surface area (Å²) < 4.78 is 10.1. The van der Waals surface area contributed by atoms with Crippen LogP contribution in [0.25, 0.3) is 15.6 Å². The number of benzene rings is 3. The Labute approximate surface area is 162 Å². The van der Waals surface area contributed by atoms with E-state index >= 15 is 0 Å². The number of fused-ring (bicyclic) bond motifs is 1. The van der Waals surface area contributed by atoms with Crippen LogP contribution in [0.3, 0.4) is 0 Å². The van der Waals surface area contributed by atoms with Crippen LogP contribution in [0.4, 0.5) is 0 Å². The molecule has 0 spiro atoms. The monoisotopic (exact) mass is 490 g/mol. The van der Waals surface area contributed by atoms with Gasteiger partial charge in [-0.3, -0.25) is 0 Å². The number of halogens is 1. The molecule has 4 rings (SSSR count). The van der Waals surface area contributed by atoms with Crippen LogP contribution in [-0.2, 0) is 0 Å². The predicted molar refractivity (Wildman–Crippen MR) is 110 cm³/mol. The molecule has 0 fully saturated rings. The van der Waals surface area contributed by atoms with Gasteiger partial charge in [0, 0.05) is 0 Å². The van der Waals surface area contributed by atoms with Gasteiger partial charge < -0.3 is 0 Å².